The van der Waals surface area contributed by atoms with Gasteiger partial charge in [-0.2, -0.15) is 0 Å². The van der Waals surface area contributed by atoms with Gasteiger partial charge >= 0.3 is 5.97 Å². The van der Waals surface area contributed by atoms with Gasteiger partial charge in [-0.25, -0.2) is 4.98 Å². The highest BCUT2D eigenvalue weighted by atomic mass is 32.2. The van der Waals surface area contributed by atoms with E-state index in [2.05, 4.69) is 22.4 Å². The monoisotopic (exact) mass is 531 g/mol. The highest BCUT2D eigenvalue weighted by Gasteiger charge is 2.34. The number of fused-ring (bicyclic) bond motifs is 4. The van der Waals surface area contributed by atoms with Gasteiger partial charge < -0.3 is 19.6 Å². The topological polar surface area (TPSA) is 96.5 Å². The molecule has 0 spiro atoms. The normalized spacial score (nSPS) is 17.1. The molecule has 1 aliphatic heterocycles. The molecule has 2 unspecified atom stereocenters. The number of aromatic nitrogens is 2. The molecule has 1 aliphatic rings. The number of carboxylic acid groups (broad SMARTS) is 1. The van der Waals surface area contributed by atoms with Crippen LogP contribution in [0.15, 0.2) is 65.0 Å². The number of nitrogens with zero attached hydrogens (tertiary/aromatic N) is 1. The number of nitrogens with one attached hydrogen (secondary N) is 2. The Balaban J connectivity index is 1.37. The first-order chi connectivity index (χ1) is 18.0. The second-order valence-electron chi connectivity index (χ2n) is 8.93. The molecule has 3 aromatic carbocycles. The summed E-state index contributed by atoms with van der Waals surface area (Å²) in [6.07, 6.45) is 0.394. The Hall–Kier alpha value is -3.53. The van der Waals surface area contributed by atoms with Gasteiger partial charge in [0.1, 0.15) is 17.5 Å². The summed E-state index contributed by atoms with van der Waals surface area (Å²) >= 11 is 3.35. The summed E-state index contributed by atoms with van der Waals surface area (Å²) in [6.45, 7) is 0. The number of thioether (sulfide) groups is 1. The molecule has 0 amide bonds. The van der Waals surface area contributed by atoms with Crippen LogP contribution in [0.25, 0.3) is 21.1 Å². The number of carbonyl (C=O) groups is 1. The van der Waals surface area contributed by atoms with Crippen LogP contribution in [0.4, 0.5) is 0 Å². The minimum Gasteiger partial charge on any atom is -0.497 e. The van der Waals surface area contributed by atoms with Crippen LogP contribution in [0, 0.1) is 0 Å². The van der Waals surface area contributed by atoms with Crippen LogP contribution in [0.1, 0.15) is 28.4 Å². The maximum absolute atomic E-state index is 12.1. The van der Waals surface area contributed by atoms with E-state index in [1.807, 2.05) is 48.5 Å². The molecule has 7 nitrogen and oxygen atoms in total. The van der Waals surface area contributed by atoms with Crippen molar-refractivity contribution in [1.29, 1.82) is 0 Å². The van der Waals surface area contributed by atoms with Crippen LogP contribution in [-0.4, -0.2) is 41.3 Å². The molecule has 0 bridgehead atoms. The quantitative estimate of drug-likeness (QED) is 0.229. The lowest BCUT2D eigenvalue weighted by Gasteiger charge is -2.30. The van der Waals surface area contributed by atoms with Crippen LogP contribution >= 0.6 is 23.1 Å². The van der Waals surface area contributed by atoms with E-state index in [1.54, 1.807) is 37.3 Å². The van der Waals surface area contributed by atoms with Crippen molar-refractivity contribution in [3.63, 3.8) is 0 Å². The third-order valence-corrected chi connectivity index (χ3v) is 9.00. The fraction of sp³-hybridized carbons (Fsp3) is 0.214. The number of aromatic amines is 1. The number of H-pyrrole nitrogens is 1. The van der Waals surface area contributed by atoms with E-state index in [1.165, 1.54) is 4.70 Å². The summed E-state index contributed by atoms with van der Waals surface area (Å²) in [5.74, 6) is 1.36. The second kappa shape index (κ2) is 9.74. The van der Waals surface area contributed by atoms with Crippen LogP contribution in [0.5, 0.6) is 11.5 Å². The number of hydrogen-bond donors (Lipinski definition) is 3. The van der Waals surface area contributed by atoms with E-state index in [-0.39, 0.29) is 6.04 Å². The number of ether oxygens (including phenoxy) is 2. The van der Waals surface area contributed by atoms with Gasteiger partial charge in [-0.1, -0.05) is 30.0 Å². The van der Waals surface area contributed by atoms with Gasteiger partial charge in [-0.15, -0.1) is 11.3 Å². The van der Waals surface area contributed by atoms with Gasteiger partial charge in [0, 0.05) is 34.3 Å². The Morgan fingerprint density at radius 2 is 2.00 bits per heavy atom. The molecular formula is C28H25N3O4S2. The van der Waals surface area contributed by atoms with Crippen LogP contribution in [0.2, 0.25) is 0 Å². The Morgan fingerprint density at radius 1 is 1.14 bits per heavy atom. The van der Waals surface area contributed by atoms with Crippen LogP contribution < -0.4 is 14.8 Å². The number of hydrogen-bond acceptors (Lipinski definition) is 7. The Bertz CT molecular complexity index is 1590. The average molecular weight is 532 g/mol. The van der Waals surface area contributed by atoms with Crippen molar-refractivity contribution in [3.05, 3.63) is 83.0 Å². The van der Waals surface area contributed by atoms with E-state index >= 15 is 0 Å². The average Bonchev–Trinajstić information content (AvgIpc) is 3.51. The van der Waals surface area contributed by atoms with E-state index in [0.717, 1.165) is 54.6 Å². The summed E-state index contributed by atoms with van der Waals surface area (Å²) in [5.41, 5.74) is 5.96. The summed E-state index contributed by atoms with van der Waals surface area (Å²) < 4.78 is 13.3. The minimum absolute atomic E-state index is 0.305. The third kappa shape index (κ3) is 4.43. The van der Waals surface area contributed by atoms with Gasteiger partial charge in [-0.3, -0.25) is 10.1 Å². The smallest absolute Gasteiger partial charge is 0.321 e. The van der Waals surface area contributed by atoms with E-state index < -0.39 is 12.0 Å². The number of carboxylic acids is 1. The maximum Gasteiger partial charge on any atom is 0.321 e. The summed E-state index contributed by atoms with van der Waals surface area (Å²) in [5, 5.41) is 14.3. The molecule has 5 aromatic rings. The predicted molar refractivity (Wildman–Crippen MR) is 147 cm³/mol. The fourth-order valence-electron chi connectivity index (χ4n) is 4.95. The summed E-state index contributed by atoms with van der Waals surface area (Å²) in [6, 6.07) is 19.1. The summed E-state index contributed by atoms with van der Waals surface area (Å²) in [4.78, 5) is 20.4. The number of benzene rings is 3. The molecule has 0 aliphatic carbocycles. The van der Waals surface area contributed by atoms with Crippen LogP contribution in [-0.2, 0) is 17.0 Å². The number of thiazole rings is 1. The number of methoxy groups -OCH3 is 2. The highest BCUT2D eigenvalue weighted by molar-refractivity contribution is 8.00. The molecule has 0 radical (unpaired) electrons. The standard InChI is InChI=1S/C28H25N3O4S2/c1-34-17-8-9-20-18(12-17)19-13-22(27(32)33)30-25(26(19)29-20)15-7-10-23(35-2)16(11-15)14-36-28-31-21-5-3-4-6-24(21)37-28/h3-12,22,25,29-30H,13-14H2,1-2H3,(H,32,33). The van der Waals surface area contributed by atoms with E-state index in [4.69, 9.17) is 14.5 Å². The van der Waals surface area contributed by atoms with Gasteiger partial charge in [-0.05, 0) is 53.6 Å². The lowest BCUT2D eigenvalue weighted by atomic mass is 9.89. The van der Waals surface area contributed by atoms with Crippen molar-refractivity contribution in [3.8, 4) is 11.5 Å². The SMILES string of the molecule is COc1ccc2[nH]c3c(c2c1)CC(C(=O)O)NC3c1ccc(OC)c(CSc2nc3ccccc3s2)c1. The zero-order chi connectivity index (χ0) is 25.5. The van der Waals surface area contributed by atoms with Gasteiger partial charge in [0.25, 0.3) is 0 Å². The van der Waals surface area contributed by atoms with Crippen molar-refractivity contribution in [2.24, 2.45) is 0 Å². The molecule has 37 heavy (non-hydrogen) atoms. The lowest BCUT2D eigenvalue weighted by Crippen LogP contribution is -2.45. The number of para-hydroxylation sites is 1. The van der Waals surface area contributed by atoms with E-state index in [0.29, 0.717) is 12.2 Å². The Morgan fingerprint density at radius 3 is 2.78 bits per heavy atom. The van der Waals surface area contributed by atoms with E-state index in [9.17, 15) is 9.90 Å². The molecule has 3 N–H and O–H groups in total. The minimum atomic E-state index is -0.868. The second-order valence-corrected chi connectivity index (χ2v) is 11.2. The molecule has 0 saturated heterocycles. The van der Waals surface area contributed by atoms with Crippen molar-refractivity contribution in [2.45, 2.75) is 28.6 Å². The van der Waals surface area contributed by atoms with Crippen LogP contribution in [0.3, 0.4) is 0 Å². The largest absolute Gasteiger partial charge is 0.497 e. The van der Waals surface area contributed by atoms with Gasteiger partial charge in [0.15, 0.2) is 4.34 Å². The highest BCUT2D eigenvalue weighted by Crippen LogP contribution is 2.39. The van der Waals surface area contributed by atoms with Gasteiger partial charge in [0.2, 0.25) is 0 Å². The van der Waals surface area contributed by atoms with Crippen molar-refractivity contribution in [1.82, 2.24) is 15.3 Å². The molecule has 0 saturated carbocycles. The van der Waals surface area contributed by atoms with Crippen molar-refractivity contribution >= 4 is 50.2 Å². The fourth-order valence-corrected chi connectivity index (χ4v) is 7.00. The molecule has 6 rings (SSSR count). The number of rotatable bonds is 7. The molecule has 2 atom stereocenters. The molecule has 3 heterocycles. The Labute approximate surface area is 221 Å². The van der Waals surface area contributed by atoms with Gasteiger partial charge in [0.05, 0.1) is 30.5 Å². The molecule has 9 heteroatoms. The molecule has 188 valence electrons. The number of aliphatic carboxylic acids is 1. The first-order valence-corrected chi connectivity index (χ1v) is 13.7. The summed E-state index contributed by atoms with van der Waals surface area (Å²) in [7, 11) is 3.30. The first kappa shape index (κ1) is 23.8. The first-order valence-electron chi connectivity index (χ1n) is 11.9. The molecule has 2 aromatic heterocycles. The lowest BCUT2D eigenvalue weighted by molar-refractivity contribution is -0.139. The molecular weight excluding hydrogens is 506 g/mol. The Kier molecular flexibility index (Phi) is 6.27. The maximum atomic E-state index is 12.1. The van der Waals surface area contributed by atoms with Crippen molar-refractivity contribution in [2.75, 3.05) is 14.2 Å². The molecule has 0 fully saturated rings. The zero-order valence-corrected chi connectivity index (χ0v) is 21.9. The van der Waals surface area contributed by atoms with Crippen molar-refractivity contribution < 1.29 is 19.4 Å². The predicted octanol–water partition coefficient (Wildman–Crippen LogP) is 5.78. The zero-order valence-electron chi connectivity index (χ0n) is 20.3. The third-order valence-electron chi connectivity index (χ3n) is 6.77.